The summed E-state index contributed by atoms with van der Waals surface area (Å²) < 4.78 is 106. The van der Waals surface area contributed by atoms with Crippen LogP contribution in [0.3, 0.4) is 0 Å². The number of anilines is 3. The van der Waals surface area contributed by atoms with E-state index in [-0.39, 0.29) is 29.7 Å². The van der Waals surface area contributed by atoms with Crippen molar-refractivity contribution in [3.8, 4) is 0 Å². The normalized spacial score (nSPS) is 36.8. The van der Waals surface area contributed by atoms with E-state index in [9.17, 15) is 18.3 Å². The maximum atomic E-state index is 14.4. The lowest BCUT2D eigenvalue weighted by Crippen LogP contribution is -2.29. The molecule has 1 aliphatic carbocycles. The Morgan fingerprint density at radius 2 is 2.00 bits per heavy atom. The number of hydrogen-bond donors (Lipinski definition) is 3. The van der Waals surface area contributed by atoms with Crippen LogP contribution in [0.2, 0.25) is 0 Å². The molecule has 2 aliphatic rings. The van der Waals surface area contributed by atoms with E-state index < -0.39 is 66.8 Å². The maximum absolute atomic E-state index is 14.4. The van der Waals surface area contributed by atoms with Crippen LogP contribution in [0.15, 0.2) is 18.3 Å². The third-order valence-corrected chi connectivity index (χ3v) is 5.05. The minimum Gasteiger partial charge on any atom is -0.393 e. The molecule has 3 heterocycles. The summed E-state index contributed by atoms with van der Waals surface area (Å²) in [6.45, 7) is 0.556. The van der Waals surface area contributed by atoms with Gasteiger partial charge >= 0.3 is 0 Å². The average molecular weight is 455 g/mol. The van der Waals surface area contributed by atoms with Crippen LogP contribution in [0.1, 0.15) is 47.6 Å². The second-order valence-electron chi connectivity index (χ2n) is 7.24. The van der Waals surface area contributed by atoms with Crippen LogP contribution in [-0.2, 0) is 4.74 Å². The predicted molar refractivity (Wildman–Crippen MR) is 111 cm³/mol. The molecule has 0 radical (unpaired) electrons. The van der Waals surface area contributed by atoms with Gasteiger partial charge in [-0.2, -0.15) is 4.98 Å². The Balaban J connectivity index is 1.57. The summed E-state index contributed by atoms with van der Waals surface area (Å²) in [7, 11) is 0. The molecule has 170 valence electrons. The number of rotatable bonds is 5. The van der Waals surface area contributed by atoms with Crippen molar-refractivity contribution in [2.45, 2.75) is 50.1 Å². The third kappa shape index (κ3) is 4.09. The molecule has 1 aromatic carbocycles. The number of nitrogens with zero attached hydrogens (tertiary/aromatic N) is 4. The summed E-state index contributed by atoms with van der Waals surface area (Å²) in [6.07, 6.45) is -10.7. The van der Waals surface area contributed by atoms with E-state index in [1.54, 1.807) is 0 Å². The van der Waals surface area contributed by atoms with Gasteiger partial charge in [0.2, 0.25) is 11.9 Å². The van der Waals surface area contributed by atoms with Crippen molar-refractivity contribution < 1.29 is 32.6 Å². The van der Waals surface area contributed by atoms with Crippen molar-refractivity contribution in [1.82, 2.24) is 19.5 Å². The molecular formula is C21H23F3N6O2. The second kappa shape index (κ2) is 8.55. The number of hydrogen-bond acceptors (Lipinski definition) is 7. The van der Waals surface area contributed by atoms with Gasteiger partial charge in [-0.1, -0.05) is 0 Å². The number of ether oxygens (including phenoxy) is 1. The Morgan fingerprint density at radius 3 is 2.75 bits per heavy atom. The monoisotopic (exact) mass is 455 g/mol. The molecule has 8 nitrogen and oxygen atoms in total. The first-order valence-corrected chi connectivity index (χ1v) is 9.76. The fourth-order valence-electron chi connectivity index (χ4n) is 3.54. The highest BCUT2D eigenvalue weighted by Gasteiger charge is 2.27. The molecule has 0 spiro atoms. The number of aromatic nitrogens is 4. The molecule has 2 fully saturated rings. The van der Waals surface area contributed by atoms with Crippen molar-refractivity contribution in [2.75, 3.05) is 23.8 Å². The Kier molecular flexibility index (Phi) is 3.81. The first kappa shape index (κ1) is 14.3. The van der Waals surface area contributed by atoms with Crippen LogP contribution in [0.25, 0.3) is 11.2 Å². The molecule has 3 aromatic rings. The molecule has 0 amide bonds. The van der Waals surface area contributed by atoms with Gasteiger partial charge in [-0.05, 0) is 32.0 Å². The smallest absolute Gasteiger partial charge is 0.224 e. The van der Waals surface area contributed by atoms with Crippen LogP contribution < -0.4 is 10.6 Å². The Morgan fingerprint density at radius 1 is 1.19 bits per heavy atom. The van der Waals surface area contributed by atoms with E-state index in [2.05, 4.69) is 25.6 Å². The van der Waals surface area contributed by atoms with Gasteiger partial charge in [-0.15, -0.1) is 0 Å². The van der Waals surface area contributed by atoms with Crippen molar-refractivity contribution >= 4 is 28.7 Å². The van der Waals surface area contributed by atoms with Gasteiger partial charge in [0.1, 0.15) is 17.0 Å². The summed E-state index contributed by atoms with van der Waals surface area (Å²) in [5.41, 5.74) is -0.432. The Labute approximate surface area is 191 Å². The summed E-state index contributed by atoms with van der Waals surface area (Å²) in [5.74, 6) is -3.94. The third-order valence-electron chi connectivity index (χ3n) is 5.05. The van der Waals surface area contributed by atoms with Crippen LogP contribution in [0.4, 0.5) is 30.8 Å². The number of aliphatic hydroxyl groups is 1. The van der Waals surface area contributed by atoms with E-state index in [0.29, 0.717) is 25.2 Å². The van der Waals surface area contributed by atoms with E-state index in [0.717, 1.165) is 0 Å². The summed E-state index contributed by atoms with van der Waals surface area (Å²) in [5, 5.41) is 15.1. The lowest BCUT2D eigenvalue weighted by molar-refractivity contribution is 0.126. The van der Waals surface area contributed by atoms with Gasteiger partial charge in [0.25, 0.3) is 0 Å². The van der Waals surface area contributed by atoms with Crippen LogP contribution >= 0.6 is 0 Å². The van der Waals surface area contributed by atoms with E-state index in [1.165, 1.54) is 10.8 Å². The molecule has 2 aromatic heterocycles. The summed E-state index contributed by atoms with van der Waals surface area (Å²) in [6, 6.07) is -1.99. The SMILES string of the molecule is [2H]C1CC([2H])(Nc2ncc3nc(Nc4c(F)cc(F)cc4F)n(C4CCOC4)c3n2)C([2H])([2H])C([2H])([2H])C1([2H])O. The molecule has 1 aliphatic heterocycles. The molecule has 4 unspecified atom stereocenters. The van der Waals surface area contributed by atoms with Crippen molar-refractivity contribution in [1.29, 1.82) is 0 Å². The predicted octanol–water partition coefficient (Wildman–Crippen LogP) is 3.66. The van der Waals surface area contributed by atoms with Gasteiger partial charge < -0.3 is 20.5 Å². The molecule has 1 saturated heterocycles. The van der Waals surface area contributed by atoms with Gasteiger partial charge in [-0.3, -0.25) is 4.57 Å². The zero-order valence-electron chi connectivity index (χ0n) is 23.5. The Bertz CT molecular complexity index is 1420. The number of fused-ring (bicyclic) bond motifs is 1. The molecule has 1 saturated carbocycles. The fraction of sp³-hybridized carbons (Fsp3) is 0.476. The van der Waals surface area contributed by atoms with Crippen LogP contribution in [0, 0.1) is 17.5 Å². The van der Waals surface area contributed by atoms with Crippen LogP contribution in [-0.4, -0.2) is 49.9 Å². The standard InChI is InChI=1S/C21H23F3N6O2/c22-11-7-15(23)18(16(24)8-11)28-21-27-17-9-25-20(26-12-1-3-14(31)4-2-12)29-19(17)30(21)13-5-6-32-10-13/h7-9,12-14,31H,1-6,10H2,(H,27,28)(H,25,26,29)/i1D2,3D2,4D,12D,14D. The zero-order valence-corrected chi connectivity index (χ0v) is 16.5. The Hall–Kier alpha value is -2.92. The van der Waals surface area contributed by atoms with Gasteiger partial charge in [0.15, 0.2) is 17.3 Å². The number of benzene rings is 1. The first-order chi connectivity index (χ1) is 18.1. The summed E-state index contributed by atoms with van der Waals surface area (Å²) >= 11 is 0. The highest BCUT2D eigenvalue weighted by atomic mass is 19.1. The topological polar surface area (TPSA) is 97.1 Å². The molecule has 5 rings (SSSR count). The largest absolute Gasteiger partial charge is 0.393 e. The van der Waals surface area contributed by atoms with E-state index in [1.807, 2.05) is 0 Å². The van der Waals surface area contributed by atoms with E-state index in [4.69, 9.17) is 14.3 Å². The average Bonchev–Trinajstić information content (AvgIpc) is 3.47. The number of imidazole rings is 1. The van der Waals surface area contributed by atoms with Gasteiger partial charge in [0, 0.05) is 31.6 Å². The molecule has 3 N–H and O–H groups in total. The first-order valence-electron chi connectivity index (χ1n) is 13.3. The second-order valence-corrected chi connectivity index (χ2v) is 7.24. The molecule has 4 atom stereocenters. The highest BCUT2D eigenvalue weighted by Crippen LogP contribution is 2.32. The zero-order chi connectivity index (χ0) is 28.5. The number of nitrogens with one attached hydrogen (secondary N) is 2. The van der Waals surface area contributed by atoms with E-state index >= 15 is 0 Å². The van der Waals surface area contributed by atoms with Crippen molar-refractivity contribution in [3.63, 3.8) is 0 Å². The highest BCUT2D eigenvalue weighted by molar-refractivity contribution is 5.76. The lowest BCUT2D eigenvalue weighted by Gasteiger charge is -2.26. The fourth-order valence-corrected chi connectivity index (χ4v) is 3.54. The lowest BCUT2D eigenvalue weighted by atomic mass is 9.93. The molecule has 32 heavy (non-hydrogen) atoms. The quantitative estimate of drug-likeness (QED) is 0.540. The minimum atomic E-state index is -3.33. The van der Waals surface area contributed by atoms with Gasteiger partial charge in [0.05, 0.1) is 27.7 Å². The van der Waals surface area contributed by atoms with Crippen molar-refractivity contribution in [2.24, 2.45) is 0 Å². The summed E-state index contributed by atoms with van der Waals surface area (Å²) in [4.78, 5) is 12.6. The maximum Gasteiger partial charge on any atom is 0.224 e. The molecular weight excluding hydrogens is 425 g/mol. The minimum absolute atomic E-state index is 0.0771. The molecule has 0 bridgehead atoms. The number of halogens is 3. The molecule has 11 heteroatoms. The van der Waals surface area contributed by atoms with Crippen LogP contribution in [0.5, 0.6) is 0 Å². The van der Waals surface area contributed by atoms with Gasteiger partial charge in [-0.25, -0.2) is 23.1 Å². The van der Waals surface area contributed by atoms with Crippen molar-refractivity contribution in [3.05, 3.63) is 35.8 Å².